The molecule has 4 rings (SSSR count). The highest BCUT2D eigenvalue weighted by atomic mass is 35.5. The maximum atomic E-state index is 6.20. The Morgan fingerprint density at radius 2 is 2.16 bits per heavy atom. The SMILES string of the molecule is Clc1nnc(N[C@@H]2CCOC2)c2c1CC1(CC1)OC2. The first kappa shape index (κ1) is 11.9. The summed E-state index contributed by atoms with van der Waals surface area (Å²) in [7, 11) is 0. The number of halogens is 1. The van der Waals surface area contributed by atoms with E-state index in [1.165, 1.54) is 0 Å². The van der Waals surface area contributed by atoms with Gasteiger partial charge in [-0.25, -0.2) is 0 Å². The van der Waals surface area contributed by atoms with E-state index in [2.05, 4.69) is 15.5 Å². The Kier molecular flexibility index (Phi) is 2.69. The zero-order chi connectivity index (χ0) is 12.9. The molecule has 0 unspecified atom stereocenters. The minimum Gasteiger partial charge on any atom is -0.379 e. The fraction of sp³-hybridized carbons (Fsp3) is 0.692. The van der Waals surface area contributed by atoms with E-state index in [-0.39, 0.29) is 5.60 Å². The van der Waals surface area contributed by atoms with Gasteiger partial charge < -0.3 is 14.8 Å². The highest BCUT2D eigenvalue weighted by molar-refractivity contribution is 6.30. The largest absolute Gasteiger partial charge is 0.379 e. The summed E-state index contributed by atoms with van der Waals surface area (Å²) in [6, 6.07) is 0.316. The molecular weight excluding hydrogens is 266 g/mol. The molecule has 0 amide bonds. The molecular formula is C13H16ClN3O2. The third kappa shape index (κ3) is 2.10. The lowest BCUT2D eigenvalue weighted by molar-refractivity contribution is 0.00815. The van der Waals surface area contributed by atoms with Crippen molar-refractivity contribution in [2.24, 2.45) is 0 Å². The monoisotopic (exact) mass is 281 g/mol. The average molecular weight is 282 g/mol. The highest BCUT2D eigenvalue weighted by Crippen LogP contribution is 2.48. The van der Waals surface area contributed by atoms with E-state index in [1.54, 1.807) is 0 Å². The summed E-state index contributed by atoms with van der Waals surface area (Å²) in [6.07, 6.45) is 4.13. The predicted octanol–water partition coefficient (Wildman–Crippen LogP) is 1.94. The second-order valence-corrected chi connectivity index (χ2v) is 6.01. The number of ether oxygens (including phenoxy) is 2. The third-order valence-corrected chi connectivity index (χ3v) is 4.54. The topological polar surface area (TPSA) is 56.3 Å². The quantitative estimate of drug-likeness (QED) is 0.898. The Hall–Kier alpha value is -0.910. The molecule has 1 atom stereocenters. The summed E-state index contributed by atoms with van der Waals surface area (Å²) in [5, 5.41) is 12.2. The lowest BCUT2D eigenvalue weighted by atomic mass is 10.00. The average Bonchev–Trinajstić information content (AvgIpc) is 2.97. The Morgan fingerprint density at radius 3 is 2.89 bits per heavy atom. The van der Waals surface area contributed by atoms with Crippen LogP contribution in [0.3, 0.4) is 0 Å². The van der Waals surface area contributed by atoms with E-state index in [0.717, 1.165) is 55.8 Å². The van der Waals surface area contributed by atoms with Crippen molar-refractivity contribution in [3.8, 4) is 0 Å². The molecule has 1 saturated carbocycles. The molecule has 102 valence electrons. The molecule has 0 radical (unpaired) electrons. The highest BCUT2D eigenvalue weighted by Gasteiger charge is 2.47. The molecule has 19 heavy (non-hydrogen) atoms. The van der Waals surface area contributed by atoms with E-state index in [0.29, 0.717) is 17.8 Å². The Morgan fingerprint density at radius 1 is 1.26 bits per heavy atom. The Labute approximate surface area is 116 Å². The first-order valence-electron chi connectivity index (χ1n) is 6.78. The van der Waals surface area contributed by atoms with Crippen LogP contribution in [0.5, 0.6) is 0 Å². The first-order chi connectivity index (χ1) is 9.26. The van der Waals surface area contributed by atoms with Crippen LogP contribution < -0.4 is 5.32 Å². The number of nitrogens with one attached hydrogen (secondary N) is 1. The second kappa shape index (κ2) is 4.30. The van der Waals surface area contributed by atoms with Crippen LogP contribution in [0.4, 0.5) is 5.82 Å². The molecule has 0 bridgehead atoms. The molecule has 0 aromatic carbocycles. The lowest BCUT2D eigenvalue weighted by Gasteiger charge is -2.27. The first-order valence-corrected chi connectivity index (χ1v) is 7.16. The summed E-state index contributed by atoms with van der Waals surface area (Å²) in [5.41, 5.74) is 2.24. The van der Waals surface area contributed by atoms with Crippen molar-refractivity contribution in [3.05, 3.63) is 16.3 Å². The Balaban J connectivity index is 1.64. The summed E-state index contributed by atoms with van der Waals surface area (Å²) < 4.78 is 11.3. The van der Waals surface area contributed by atoms with Crippen molar-refractivity contribution < 1.29 is 9.47 Å². The molecule has 1 aromatic rings. The van der Waals surface area contributed by atoms with Crippen LogP contribution in [0, 0.1) is 0 Å². The zero-order valence-electron chi connectivity index (χ0n) is 10.6. The van der Waals surface area contributed by atoms with Crippen molar-refractivity contribution in [3.63, 3.8) is 0 Å². The van der Waals surface area contributed by atoms with Gasteiger partial charge in [-0.1, -0.05) is 11.6 Å². The van der Waals surface area contributed by atoms with Crippen LogP contribution in [0.2, 0.25) is 5.15 Å². The molecule has 1 aliphatic carbocycles. The molecule has 3 heterocycles. The van der Waals surface area contributed by atoms with Crippen LogP contribution in [0.1, 0.15) is 30.4 Å². The fourth-order valence-electron chi connectivity index (χ4n) is 2.83. The Bertz CT molecular complexity index is 513. The van der Waals surface area contributed by atoms with Crippen molar-refractivity contribution in [2.45, 2.75) is 43.9 Å². The second-order valence-electron chi connectivity index (χ2n) is 5.65. The van der Waals surface area contributed by atoms with Crippen molar-refractivity contribution >= 4 is 17.4 Å². The third-order valence-electron chi connectivity index (χ3n) is 4.24. The summed E-state index contributed by atoms with van der Waals surface area (Å²) in [6.45, 7) is 2.12. The van der Waals surface area contributed by atoms with Crippen LogP contribution in [-0.4, -0.2) is 35.1 Å². The fourth-order valence-corrected chi connectivity index (χ4v) is 3.05. The molecule has 1 spiro atoms. The van der Waals surface area contributed by atoms with Gasteiger partial charge in [-0.05, 0) is 19.3 Å². The van der Waals surface area contributed by atoms with Gasteiger partial charge in [0.15, 0.2) is 11.0 Å². The molecule has 3 aliphatic rings. The van der Waals surface area contributed by atoms with Gasteiger partial charge in [-0.15, -0.1) is 10.2 Å². The number of fused-ring (bicyclic) bond motifs is 1. The standard InChI is InChI=1S/C13H16ClN3O2/c14-11-9-5-13(2-3-13)19-7-10(9)12(17-16-11)15-8-1-4-18-6-8/h8H,1-7H2,(H,15,17)/t8-/m1/s1. The van der Waals surface area contributed by atoms with E-state index in [1.807, 2.05) is 0 Å². The minimum absolute atomic E-state index is 0.0490. The van der Waals surface area contributed by atoms with Crippen LogP contribution in [0.15, 0.2) is 0 Å². The van der Waals surface area contributed by atoms with Gasteiger partial charge in [0, 0.05) is 24.2 Å². The van der Waals surface area contributed by atoms with Gasteiger partial charge in [0.2, 0.25) is 0 Å². The number of hydrogen-bond acceptors (Lipinski definition) is 5. The molecule has 1 saturated heterocycles. The minimum atomic E-state index is 0.0490. The molecule has 5 nitrogen and oxygen atoms in total. The number of nitrogens with zero attached hydrogens (tertiary/aromatic N) is 2. The van der Waals surface area contributed by atoms with E-state index < -0.39 is 0 Å². The zero-order valence-corrected chi connectivity index (χ0v) is 11.4. The van der Waals surface area contributed by atoms with Crippen LogP contribution in [0.25, 0.3) is 0 Å². The summed E-state index contributed by atoms with van der Waals surface area (Å²) in [5.74, 6) is 0.811. The van der Waals surface area contributed by atoms with E-state index >= 15 is 0 Å². The summed E-state index contributed by atoms with van der Waals surface area (Å²) >= 11 is 6.20. The van der Waals surface area contributed by atoms with Gasteiger partial charge >= 0.3 is 0 Å². The number of rotatable bonds is 2. The maximum Gasteiger partial charge on any atom is 0.155 e. The summed E-state index contributed by atoms with van der Waals surface area (Å²) in [4.78, 5) is 0. The molecule has 1 aromatic heterocycles. The number of hydrogen-bond donors (Lipinski definition) is 1. The lowest BCUT2D eigenvalue weighted by Crippen LogP contribution is -2.28. The smallest absolute Gasteiger partial charge is 0.155 e. The molecule has 6 heteroatoms. The molecule has 2 fully saturated rings. The van der Waals surface area contributed by atoms with Gasteiger partial charge in [-0.3, -0.25) is 0 Å². The van der Waals surface area contributed by atoms with E-state index in [4.69, 9.17) is 21.1 Å². The van der Waals surface area contributed by atoms with Gasteiger partial charge in [0.1, 0.15) is 0 Å². The van der Waals surface area contributed by atoms with Crippen molar-refractivity contribution in [1.29, 1.82) is 0 Å². The van der Waals surface area contributed by atoms with Gasteiger partial charge in [-0.2, -0.15) is 0 Å². The van der Waals surface area contributed by atoms with Crippen LogP contribution >= 0.6 is 11.6 Å². The van der Waals surface area contributed by atoms with Crippen LogP contribution in [-0.2, 0) is 22.5 Å². The number of anilines is 1. The van der Waals surface area contributed by atoms with Crippen molar-refractivity contribution in [1.82, 2.24) is 10.2 Å². The number of aromatic nitrogens is 2. The molecule has 1 N–H and O–H groups in total. The van der Waals surface area contributed by atoms with E-state index in [9.17, 15) is 0 Å². The maximum absolute atomic E-state index is 6.20. The predicted molar refractivity (Wildman–Crippen MR) is 70.3 cm³/mol. The van der Waals surface area contributed by atoms with Gasteiger partial charge in [0.05, 0.1) is 24.9 Å². The molecule has 2 aliphatic heterocycles. The normalized spacial score (nSPS) is 27.3. The van der Waals surface area contributed by atoms with Crippen molar-refractivity contribution in [2.75, 3.05) is 18.5 Å². The van der Waals surface area contributed by atoms with Gasteiger partial charge in [0.25, 0.3) is 0 Å².